The van der Waals surface area contributed by atoms with E-state index in [2.05, 4.69) is 13.8 Å². The lowest BCUT2D eigenvalue weighted by atomic mass is 9.84. The number of nitrogens with zero attached hydrogens (tertiary/aromatic N) is 6. The normalized spacial score (nSPS) is 11.8. The first kappa shape index (κ1) is 22.7. The summed E-state index contributed by atoms with van der Waals surface area (Å²) in [7, 11) is 3.31. The predicted octanol–water partition coefficient (Wildman–Crippen LogP) is 5.50. The highest BCUT2D eigenvalue weighted by atomic mass is 16.5. The summed E-state index contributed by atoms with van der Waals surface area (Å²) in [5.74, 6) is 2.71. The molecule has 0 aliphatic carbocycles. The van der Waals surface area contributed by atoms with Crippen molar-refractivity contribution in [1.29, 1.82) is 0 Å². The monoisotopic (exact) mass is 490 g/mol. The number of hydrogen-bond acceptors (Lipinski definition) is 6. The van der Waals surface area contributed by atoms with Crippen LogP contribution in [0, 0.1) is 0 Å². The zero-order chi connectivity index (χ0) is 25.6. The van der Waals surface area contributed by atoms with Crippen LogP contribution in [0.25, 0.3) is 33.4 Å². The molecule has 184 valence electrons. The Morgan fingerprint density at radius 3 is 1.46 bits per heavy atom. The lowest BCUT2D eigenvalue weighted by molar-refractivity contribution is 0.408. The molecule has 0 radical (unpaired) electrons. The molecule has 37 heavy (non-hydrogen) atoms. The summed E-state index contributed by atoms with van der Waals surface area (Å²) >= 11 is 0. The molecule has 8 heteroatoms. The summed E-state index contributed by atoms with van der Waals surface area (Å²) in [5.41, 5.74) is 2.79. The molecule has 0 N–H and O–H groups in total. The lowest BCUT2D eigenvalue weighted by Gasteiger charge is -2.25. The molecule has 0 bridgehead atoms. The molecule has 4 heterocycles. The Balaban J connectivity index is 1.47. The third-order valence-corrected chi connectivity index (χ3v) is 6.62. The van der Waals surface area contributed by atoms with Gasteiger partial charge in [-0.2, -0.15) is 10.2 Å². The minimum absolute atomic E-state index is 0.592. The van der Waals surface area contributed by atoms with Gasteiger partial charge in [0.2, 0.25) is 0 Å². The van der Waals surface area contributed by atoms with Crippen molar-refractivity contribution < 1.29 is 9.47 Å². The maximum atomic E-state index is 5.65. The second kappa shape index (κ2) is 8.74. The molecule has 0 aliphatic rings. The quantitative estimate of drug-likeness (QED) is 0.307. The summed E-state index contributed by atoms with van der Waals surface area (Å²) < 4.78 is 14.9. The molecule has 0 saturated heterocycles. The minimum atomic E-state index is -0.592. The Morgan fingerprint density at radius 2 is 1.05 bits per heavy atom. The van der Waals surface area contributed by atoms with Crippen LogP contribution in [0.15, 0.2) is 85.2 Å². The van der Waals surface area contributed by atoms with Crippen LogP contribution >= 0.6 is 0 Å². The van der Waals surface area contributed by atoms with Crippen molar-refractivity contribution in [2.24, 2.45) is 0 Å². The minimum Gasteiger partial charge on any atom is -0.497 e. The second-order valence-corrected chi connectivity index (χ2v) is 9.39. The Labute approximate surface area is 214 Å². The van der Waals surface area contributed by atoms with Crippen LogP contribution in [0.4, 0.5) is 0 Å². The molecule has 0 fully saturated rings. The molecule has 4 aromatic heterocycles. The predicted molar refractivity (Wildman–Crippen MR) is 143 cm³/mol. The van der Waals surface area contributed by atoms with Gasteiger partial charge in [0.05, 0.1) is 36.6 Å². The Bertz CT molecular complexity index is 1560. The Hall–Kier alpha value is -4.72. The van der Waals surface area contributed by atoms with Gasteiger partial charge in [-0.1, -0.05) is 36.4 Å². The van der Waals surface area contributed by atoms with Crippen LogP contribution in [-0.2, 0) is 5.41 Å². The molecule has 6 aromatic rings. The van der Waals surface area contributed by atoms with Crippen molar-refractivity contribution in [3.05, 3.63) is 96.6 Å². The van der Waals surface area contributed by atoms with E-state index in [0.29, 0.717) is 23.1 Å². The summed E-state index contributed by atoms with van der Waals surface area (Å²) in [6.45, 7) is 4.17. The van der Waals surface area contributed by atoms with E-state index in [1.165, 1.54) is 0 Å². The van der Waals surface area contributed by atoms with Crippen molar-refractivity contribution in [2.45, 2.75) is 19.3 Å². The first-order valence-electron chi connectivity index (χ1n) is 12.0. The molecule has 0 amide bonds. The van der Waals surface area contributed by atoms with E-state index in [1.54, 1.807) is 23.6 Å². The fourth-order valence-electron chi connectivity index (χ4n) is 4.39. The number of hydrogen-bond donors (Lipinski definition) is 0. The van der Waals surface area contributed by atoms with Gasteiger partial charge in [0.25, 0.3) is 0 Å². The number of fused-ring (bicyclic) bond motifs is 2. The molecular weight excluding hydrogens is 464 g/mol. The van der Waals surface area contributed by atoms with Crippen LogP contribution in [0.1, 0.15) is 25.2 Å². The van der Waals surface area contributed by atoms with Gasteiger partial charge in [-0.3, -0.25) is 0 Å². The highest BCUT2D eigenvalue weighted by Crippen LogP contribution is 2.34. The summed E-state index contributed by atoms with van der Waals surface area (Å²) in [4.78, 5) is 10.0. The van der Waals surface area contributed by atoms with Gasteiger partial charge >= 0.3 is 0 Å². The standard InChI is InChI=1S/C29H26N6O2/c1-29(2,25-13-21(36-3)15-27(30-25)34-17-19-9-5-7-11-23(19)32-34)26-14-22(37-4)16-28(31-26)35-18-20-10-6-8-12-24(20)33-35/h5-18H,1-4H3. The first-order chi connectivity index (χ1) is 17.9. The van der Waals surface area contributed by atoms with Crippen LogP contribution in [0.3, 0.4) is 0 Å². The molecule has 0 spiro atoms. The third kappa shape index (κ3) is 4.06. The third-order valence-electron chi connectivity index (χ3n) is 6.62. The summed E-state index contributed by atoms with van der Waals surface area (Å²) in [6.07, 6.45) is 3.94. The average molecular weight is 491 g/mol. The SMILES string of the molecule is COc1cc(-n2cc3ccccc3n2)nc(C(C)(C)c2cc(OC)cc(-n3cc4ccccc4n3)n2)c1. The van der Waals surface area contributed by atoms with E-state index in [-0.39, 0.29) is 0 Å². The molecular formula is C29H26N6O2. The van der Waals surface area contributed by atoms with Crippen molar-refractivity contribution in [2.75, 3.05) is 14.2 Å². The van der Waals surface area contributed by atoms with E-state index >= 15 is 0 Å². The molecule has 2 aromatic carbocycles. The van der Waals surface area contributed by atoms with Crippen molar-refractivity contribution in [3.63, 3.8) is 0 Å². The highest BCUT2D eigenvalue weighted by molar-refractivity contribution is 5.79. The molecule has 0 unspecified atom stereocenters. The molecule has 0 saturated carbocycles. The van der Waals surface area contributed by atoms with Gasteiger partial charge in [0, 0.05) is 52.8 Å². The summed E-state index contributed by atoms with van der Waals surface area (Å²) in [6, 6.07) is 23.6. The number of pyridine rings is 2. The van der Waals surface area contributed by atoms with E-state index < -0.39 is 5.41 Å². The van der Waals surface area contributed by atoms with E-state index in [9.17, 15) is 0 Å². The zero-order valence-corrected chi connectivity index (χ0v) is 21.1. The van der Waals surface area contributed by atoms with Crippen molar-refractivity contribution in [1.82, 2.24) is 29.5 Å². The van der Waals surface area contributed by atoms with Crippen LogP contribution in [0.5, 0.6) is 11.5 Å². The number of methoxy groups -OCH3 is 2. The van der Waals surface area contributed by atoms with Crippen LogP contribution in [0.2, 0.25) is 0 Å². The van der Waals surface area contributed by atoms with Gasteiger partial charge in [-0.15, -0.1) is 0 Å². The van der Waals surface area contributed by atoms with E-state index in [4.69, 9.17) is 29.6 Å². The fraction of sp³-hybridized carbons (Fsp3) is 0.172. The average Bonchev–Trinajstić information content (AvgIpc) is 3.57. The van der Waals surface area contributed by atoms with Gasteiger partial charge in [-0.05, 0) is 26.0 Å². The number of rotatable bonds is 6. The fourth-order valence-corrected chi connectivity index (χ4v) is 4.39. The van der Waals surface area contributed by atoms with Crippen LogP contribution in [-0.4, -0.2) is 43.7 Å². The van der Waals surface area contributed by atoms with Crippen molar-refractivity contribution >= 4 is 21.8 Å². The number of benzene rings is 2. The molecule has 0 atom stereocenters. The molecule has 6 rings (SSSR count). The Kier molecular flexibility index (Phi) is 5.37. The smallest absolute Gasteiger partial charge is 0.157 e. The summed E-state index contributed by atoms with van der Waals surface area (Å²) in [5, 5.41) is 11.5. The van der Waals surface area contributed by atoms with Gasteiger partial charge in [0.1, 0.15) is 11.5 Å². The molecule has 0 aliphatic heterocycles. The largest absolute Gasteiger partial charge is 0.497 e. The highest BCUT2D eigenvalue weighted by Gasteiger charge is 2.29. The maximum Gasteiger partial charge on any atom is 0.157 e. The van der Waals surface area contributed by atoms with Crippen LogP contribution < -0.4 is 9.47 Å². The topological polar surface area (TPSA) is 79.9 Å². The lowest BCUT2D eigenvalue weighted by Crippen LogP contribution is -2.24. The Morgan fingerprint density at radius 1 is 0.622 bits per heavy atom. The second-order valence-electron chi connectivity index (χ2n) is 9.39. The number of aromatic nitrogens is 6. The zero-order valence-electron chi connectivity index (χ0n) is 21.1. The van der Waals surface area contributed by atoms with Crippen molar-refractivity contribution in [3.8, 4) is 23.1 Å². The van der Waals surface area contributed by atoms with Gasteiger partial charge in [-0.25, -0.2) is 19.3 Å². The maximum absolute atomic E-state index is 5.65. The number of ether oxygens (including phenoxy) is 2. The molecule has 8 nitrogen and oxygen atoms in total. The van der Waals surface area contributed by atoms with Gasteiger partial charge in [0.15, 0.2) is 11.6 Å². The van der Waals surface area contributed by atoms with E-state index in [1.807, 2.05) is 85.2 Å². The van der Waals surface area contributed by atoms with E-state index in [0.717, 1.165) is 33.2 Å². The first-order valence-corrected chi connectivity index (χ1v) is 12.0. The van der Waals surface area contributed by atoms with Gasteiger partial charge < -0.3 is 9.47 Å².